The zero-order valence-corrected chi connectivity index (χ0v) is 12.1. The summed E-state index contributed by atoms with van der Waals surface area (Å²) in [5.41, 5.74) is 0.581. The number of thiazole rings is 1. The van der Waals surface area contributed by atoms with Gasteiger partial charge in [-0.25, -0.2) is 9.78 Å². The molecule has 7 heteroatoms. The number of carbonyl (C=O) groups excluding carboxylic acids is 1. The quantitative estimate of drug-likeness (QED) is 0.850. The van der Waals surface area contributed by atoms with Crippen molar-refractivity contribution in [1.29, 1.82) is 0 Å². The second-order valence-corrected chi connectivity index (χ2v) is 5.11. The summed E-state index contributed by atoms with van der Waals surface area (Å²) < 4.78 is 5.02. The molecule has 0 aliphatic rings. The summed E-state index contributed by atoms with van der Waals surface area (Å²) in [4.78, 5) is 26.5. The van der Waals surface area contributed by atoms with Gasteiger partial charge in [-0.15, -0.1) is 11.3 Å². The third-order valence-electron chi connectivity index (χ3n) is 2.75. The van der Waals surface area contributed by atoms with Crippen LogP contribution in [0.1, 0.15) is 25.9 Å². The van der Waals surface area contributed by atoms with Crippen molar-refractivity contribution in [2.45, 2.75) is 6.42 Å². The molecular weight excluding hydrogens is 292 g/mol. The fraction of sp³-hybridized carbons (Fsp3) is 0.214. The van der Waals surface area contributed by atoms with Gasteiger partial charge in [0.15, 0.2) is 5.69 Å². The van der Waals surface area contributed by atoms with Gasteiger partial charge >= 0.3 is 5.97 Å². The van der Waals surface area contributed by atoms with Gasteiger partial charge in [0, 0.05) is 23.9 Å². The molecule has 1 heterocycles. The van der Waals surface area contributed by atoms with E-state index in [4.69, 9.17) is 9.84 Å². The first-order valence-corrected chi connectivity index (χ1v) is 7.08. The molecule has 0 spiro atoms. The monoisotopic (exact) mass is 306 g/mol. The summed E-state index contributed by atoms with van der Waals surface area (Å²) in [7, 11) is 1.56. The van der Waals surface area contributed by atoms with E-state index < -0.39 is 5.97 Å². The van der Waals surface area contributed by atoms with Crippen LogP contribution in [-0.4, -0.2) is 35.6 Å². The number of rotatable bonds is 6. The predicted octanol–water partition coefficient (Wildman–Crippen LogP) is 1.82. The molecule has 0 saturated heterocycles. The lowest BCUT2D eigenvalue weighted by Gasteiger charge is -2.05. The van der Waals surface area contributed by atoms with E-state index in [1.165, 1.54) is 16.7 Å². The van der Waals surface area contributed by atoms with E-state index in [2.05, 4.69) is 10.3 Å². The van der Waals surface area contributed by atoms with Gasteiger partial charge in [0.1, 0.15) is 5.75 Å². The van der Waals surface area contributed by atoms with Gasteiger partial charge < -0.3 is 15.2 Å². The SMILES string of the molecule is COc1ccc(C(=O)NCCc2nc(C(=O)O)cs2)cc1. The second kappa shape index (κ2) is 6.85. The minimum Gasteiger partial charge on any atom is -0.497 e. The molecule has 1 amide bonds. The van der Waals surface area contributed by atoms with E-state index in [1.54, 1.807) is 31.4 Å². The number of carboxylic acid groups (broad SMARTS) is 1. The maximum atomic E-state index is 11.9. The first-order chi connectivity index (χ1) is 10.1. The van der Waals surface area contributed by atoms with Crippen molar-refractivity contribution in [2.75, 3.05) is 13.7 Å². The Hall–Kier alpha value is -2.41. The summed E-state index contributed by atoms with van der Waals surface area (Å²) in [6, 6.07) is 6.80. The molecule has 1 aromatic carbocycles. The molecule has 21 heavy (non-hydrogen) atoms. The Morgan fingerprint density at radius 1 is 1.33 bits per heavy atom. The fourth-order valence-electron chi connectivity index (χ4n) is 1.65. The van der Waals surface area contributed by atoms with E-state index in [0.717, 1.165) is 0 Å². The maximum Gasteiger partial charge on any atom is 0.355 e. The molecule has 2 N–H and O–H groups in total. The predicted molar refractivity (Wildman–Crippen MR) is 78.1 cm³/mol. The molecule has 110 valence electrons. The summed E-state index contributed by atoms with van der Waals surface area (Å²) >= 11 is 1.27. The van der Waals surface area contributed by atoms with Crippen LogP contribution in [-0.2, 0) is 6.42 Å². The highest BCUT2D eigenvalue weighted by Gasteiger charge is 2.09. The van der Waals surface area contributed by atoms with Gasteiger partial charge in [0.25, 0.3) is 5.91 Å². The summed E-state index contributed by atoms with van der Waals surface area (Å²) in [5, 5.41) is 13.7. The molecule has 0 atom stereocenters. The van der Waals surface area contributed by atoms with E-state index in [1.807, 2.05) is 0 Å². The zero-order chi connectivity index (χ0) is 15.2. The summed E-state index contributed by atoms with van der Waals surface area (Å²) in [6.45, 7) is 0.400. The van der Waals surface area contributed by atoms with Crippen molar-refractivity contribution in [1.82, 2.24) is 10.3 Å². The lowest BCUT2D eigenvalue weighted by molar-refractivity contribution is 0.0690. The Kier molecular flexibility index (Phi) is 4.89. The largest absolute Gasteiger partial charge is 0.497 e. The molecule has 0 fully saturated rings. The Morgan fingerprint density at radius 2 is 2.05 bits per heavy atom. The molecule has 6 nitrogen and oxygen atoms in total. The van der Waals surface area contributed by atoms with Gasteiger partial charge in [-0.2, -0.15) is 0 Å². The Labute approximate surface area is 125 Å². The Bertz CT molecular complexity index is 637. The van der Waals surface area contributed by atoms with Crippen LogP contribution in [0.3, 0.4) is 0 Å². The van der Waals surface area contributed by atoms with Gasteiger partial charge in [-0.1, -0.05) is 0 Å². The number of amides is 1. The van der Waals surface area contributed by atoms with Gasteiger partial charge in [-0.05, 0) is 24.3 Å². The smallest absolute Gasteiger partial charge is 0.355 e. The molecule has 0 aliphatic carbocycles. The summed E-state index contributed by atoms with van der Waals surface area (Å²) in [5.74, 6) is -0.539. The van der Waals surface area contributed by atoms with Crippen molar-refractivity contribution in [3.63, 3.8) is 0 Å². The number of hydrogen-bond acceptors (Lipinski definition) is 5. The fourth-order valence-corrected chi connectivity index (χ4v) is 2.42. The van der Waals surface area contributed by atoms with E-state index in [-0.39, 0.29) is 11.6 Å². The summed E-state index contributed by atoms with van der Waals surface area (Å²) in [6.07, 6.45) is 0.500. The first-order valence-electron chi connectivity index (χ1n) is 6.20. The van der Waals surface area contributed by atoms with Gasteiger partial charge in [0.2, 0.25) is 0 Å². The lowest BCUT2D eigenvalue weighted by atomic mass is 10.2. The molecule has 0 unspecified atom stereocenters. The van der Waals surface area contributed by atoms with Crippen LogP contribution in [0.2, 0.25) is 0 Å². The number of benzene rings is 1. The first kappa shape index (κ1) is 15.0. The second-order valence-electron chi connectivity index (χ2n) is 4.17. The van der Waals surface area contributed by atoms with Crippen LogP contribution in [0.25, 0.3) is 0 Å². The van der Waals surface area contributed by atoms with Crippen LogP contribution in [0.5, 0.6) is 5.75 Å². The van der Waals surface area contributed by atoms with E-state index in [0.29, 0.717) is 29.3 Å². The normalized spacial score (nSPS) is 10.1. The van der Waals surface area contributed by atoms with Gasteiger partial charge in [0.05, 0.1) is 12.1 Å². The number of hydrogen-bond donors (Lipinski definition) is 2. The molecule has 0 radical (unpaired) electrons. The standard InChI is InChI=1S/C14H14N2O4S/c1-20-10-4-2-9(3-5-10)13(17)15-7-6-12-16-11(8-21-12)14(18)19/h2-5,8H,6-7H2,1H3,(H,15,17)(H,18,19). The van der Waals surface area contributed by atoms with Crippen molar-refractivity contribution in [3.05, 3.63) is 45.9 Å². The average molecular weight is 306 g/mol. The topological polar surface area (TPSA) is 88.5 Å². The number of ether oxygens (including phenoxy) is 1. The molecule has 2 aromatic rings. The molecule has 2 rings (SSSR count). The number of nitrogens with one attached hydrogen (secondary N) is 1. The number of carboxylic acids is 1. The number of nitrogens with zero attached hydrogens (tertiary/aromatic N) is 1. The highest BCUT2D eigenvalue weighted by molar-refractivity contribution is 7.09. The van der Waals surface area contributed by atoms with Crippen LogP contribution in [0.15, 0.2) is 29.6 Å². The molecule has 1 aromatic heterocycles. The Balaban J connectivity index is 1.84. The third-order valence-corrected chi connectivity index (χ3v) is 3.66. The van der Waals surface area contributed by atoms with Gasteiger partial charge in [-0.3, -0.25) is 4.79 Å². The zero-order valence-electron chi connectivity index (χ0n) is 11.3. The third kappa shape index (κ3) is 4.03. The lowest BCUT2D eigenvalue weighted by Crippen LogP contribution is -2.25. The maximum absolute atomic E-state index is 11.9. The molecule has 0 aliphatic heterocycles. The minimum absolute atomic E-state index is 0.0384. The molecular formula is C14H14N2O4S. The highest BCUT2D eigenvalue weighted by Crippen LogP contribution is 2.12. The average Bonchev–Trinajstić information content (AvgIpc) is 2.96. The van der Waals surface area contributed by atoms with Crippen LogP contribution < -0.4 is 10.1 Å². The van der Waals surface area contributed by atoms with E-state index >= 15 is 0 Å². The minimum atomic E-state index is -1.04. The van der Waals surface area contributed by atoms with Crippen LogP contribution in [0, 0.1) is 0 Å². The van der Waals surface area contributed by atoms with Crippen molar-refractivity contribution in [3.8, 4) is 5.75 Å². The number of methoxy groups -OCH3 is 1. The molecule has 0 bridgehead atoms. The van der Waals surface area contributed by atoms with Crippen LogP contribution >= 0.6 is 11.3 Å². The molecule has 0 saturated carbocycles. The van der Waals surface area contributed by atoms with Crippen molar-refractivity contribution >= 4 is 23.2 Å². The highest BCUT2D eigenvalue weighted by atomic mass is 32.1. The number of aromatic carboxylic acids is 1. The Morgan fingerprint density at radius 3 is 2.62 bits per heavy atom. The van der Waals surface area contributed by atoms with Crippen LogP contribution in [0.4, 0.5) is 0 Å². The van der Waals surface area contributed by atoms with Crippen molar-refractivity contribution in [2.24, 2.45) is 0 Å². The number of aromatic nitrogens is 1. The van der Waals surface area contributed by atoms with E-state index in [9.17, 15) is 9.59 Å². The van der Waals surface area contributed by atoms with Crippen molar-refractivity contribution < 1.29 is 19.4 Å². The number of carbonyl (C=O) groups is 2.